The first-order valence-corrected chi connectivity index (χ1v) is 5.59. The summed E-state index contributed by atoms with van der Waals surface area (Å²) in [5, 5.41) is 0.684. The number of hydrogen-bond acceptors (Lipinski definition) is 4. The first-order valence-electron chi connectivity index (χ1n) is 4.61. The molecule has 0 radical (unpaired) electrons. The lowest BCUT2D eigenvalue weighted by Crippen LogP contribution is -1.89. The average molecular weight is 221 g/mol. The number of ether oxygens (including phenoxy) is 1. The Morgan fingerprint density at radius 3 is 3.13 bits per heavy atom. The van der Waals surface area contributed by atoms with E-state index in [1.165, 1.54) is 18.0 Å². The van der Waals surface area contributed by atoms with Crippen molar-refractivity contribution in [2.45, 2.75) is 5.22 Å². The fourth-order valence-electron chi connectivity index (χ4n) is 1.17. The highest BCUT2D eigenvalue weighted by Crippen LogP contribution is 2.22. The molecule has 0 spiro atoms. The van der Waals surface area contributed by atoms with Crippen molar-refractivity contribution in [2.75, 3.05) is 12.4 Å². The fraction of sp³-hybridized carbons (Fsp3) is 0.182. The number of oxazole rings is 1. The highest BCUT2D eigenvalue weighted by Gasteiger charge is 2.04. The minimum absolute atomic E-state index is 0.618. The van der Waals surface area contributed by atoms with Crippen molar-refractivity contribution >= 4 is 22.9 Å². The van der Waals surface area contributed by atoms with Crippen LogP contribution in [0.15, 0.2) is 46.7 Å². The lowest BCUT2D eigenvalue weighted by molar-refractivity contribution is 0.273. The first kappa shape index (κ1) is 10.1. The molecule has 3 nitrogen and oxygen atoms in total. The van der Waals surface area contributed by atoms with Gasteiger partial charge in [-0.05, 0) is 12.1 Å². The van der Waals surface area contributed by atoms with Crippen molar-refractivity contribution in [2.24, 2.45) is 0 Å². The summed E-state index contributed by atoms with van der Waals surface area (Å²) in [6.07, 6.45) is 1.44. The smallest absolute Gasteiger partial charge is 0.256 e. The molecule has 0 amide bonds. The molecular formula is C11H11NO2S. The van der Waals surface area contributed by atoms with E-state index in [0.717, 1.165) is 16.9 Å². The van der Waals surface area contributed by atoms with Gasteiger partial charge in [-0.15, -0.1) is 0 Å². The molecule has 0 aliphatic carbocycles. The van der Waals surface area contributed by atoms with Gasteiger partial charge in [0.2, 0.25) is 0 Å². The first-order chi connectivity index (χ1) is 7.40. The topological polar surface area (TPSA) is 35.3 Å². The van der Waals surface area contributed by atoms with E-state index in [-0.39, 0.29) is 0 Å². The highest BCUT2D eigenvalue weighted by molar-refractivity contribution is 7.99. The normalized spacial score (nSPS) is 10.4. The van der Waals surface area contributed by atoms with E-state index in [1.807, 2.05) is 24.3 Å². The molecule has 0 fully saturated rings. The van der Waals surface area contributed by atoms with E-state index in [4.69, 9.17) is 9.15 Å². The summed E-state index contributed by atoms with van der Waals surface area (Å²) in [5.74, 6) is 0.804. The summed E-state index contributed by atoms with van der Waals surface area (Å²) in [5.41, 5.74) is 1.72. The fourth-order valence-corrected chi connectivity index (χ4v) is 1.84. The Kier molecular flexibility index (Phi) is 3.29. The predicted molar refractivity (Wildman–Crippen MR) is 60.9 cm³/mol. The average Bonchev–Trinajstić information content (AvgIpc) is 2.67. The van der Waals surface area contributed by atoms with Crippen LogP contribution in [0.4, 0.5) is 0 Å². The maximum Gasteiger partial charge on any atom is 0.256 e. The van der Waals surface area contributed by atoms with Crippen molar-refractivity contribution < 1.29 is 9.15 Å². The molecule has 4 heteroatoms. The number of para-hydroxylation sites is 2. The Balaban J connectivity index is 1.99. The van der Waals surface area contributed by atoms with Crippen LogP contribution in [0.2, 0.25) is 0 Å². The van der Waals surface area contributed by atoms with E-state index in [0.29, 0.717) is 11.8 Å². The van der Waals surface area contributed by atoms with Gasteiger partial charge in [-0.3, -0.25) is 0 Å². The Bertz CT molecular complexity index is 420. The molecule has 15 heavy (non-hydrogen) atoms. The molecule has 0 aliphatic rings. The Hall–Kier alpha value is -1.42. The van der Waals surface area contributed by atoms with Crippen molar-refractivity contribution in [1.29, 1.82) is 0 Å². The van der Waals surface area contributed by atoms with Gasteiger partial charge >= 0.3 is 0 Å². The molecule has 0 aliphatic heterocycles. The number of hydrogen-bond donors (Lipinski definition) is 0. The van der Waals surface area contributed by atoms with Crippen molar-refractivity contribution in [1.82, 2.24) is 4.98 Å². The number of benzene rings is 1. The van der Waals surface area contributed by atoms with Crippen LogP contribution < -0.4 is 0 Å². The summed E-state index contributed by atoms with van der Waals surface area (Å²) in [7, 11) is 0. The van der Waals surface area contributed by atoms with Crippen molar-refractivity contribution in [3.63, 3.8) is 0 Å². The van der Waals surface area contributed by atoms with E-state index < -0.39 is 0 Å². The quantitative estimate of drug-likeness (QED) is 0.441. The van der Waals surface area contributed by atoms with Crippen LogP contribution in [-0.2, 0) is 4.74 Å². The van der Waals surface area contributed by atoms with Gasteiger partial charge in [0.25, 0.3) is 5.22 Å². The number of aromatic nitrogens is 1. The third-order valence-corrected chi connectivity index (χ3v) is 2.61. The third-order valence-electron chi connectivity index (χ3n) is 1.82. The van der Waals surface area contributed by atoms with Crippen molar-refractivity contribution in [3.05, 3.63) is 37.1 Å². The minimum Gasteiger partial charge on any atom is -0.501 e. The van der Waals surface area contributed by atoms with Crippen LogP contribution in [-0.4, -0.2) is 17.3 Å². The summed E-state index contributed by atoms with van der Waals surface area (Å²) in [6, 6.07) is 7.72. The second-order valence-electron chi connectivity index (χ2n) is 2.83. The van der Waals surface area contributed by atoms with E-state index in [1.54, 1.807) is 0 Å². The molecule has 0 saturated carbocycles. The number of fused-ring (bicyclic) bond motifs is 1. The molecule has 0 bridgehead atoms. The second-order valence-corrected chi connectivity index (χ2v) is 3.88. The van der Waals surface area contributed by atoms with E-state index in [9.17, 15) is 0 Å². The minimum atomic E-state index is 0.618. The van der Waals surface area contributed by atoms with E-state index >= 15 is 0 Å². The highest BCUT2D eigenvalue weighted by atomic mass is 32.2. The summed E-state index contributed by atoms with van der Waals surface area (Å²) >= 11 is 1.54. The van der Waals surface area contributed by atoms with Crippen LogP contribution in [0.1, 0.15) is 0 Å². The molecule has 0 saturated heterocycles. The zero-order chi connectivity index (χ0) is 10.5. The third kappa shape index (κ3) is 2.53. The van der Waals surface area contributed by atoms with Crippen LogP contribution in [0.5, 0.6) is 0 Å². The van der Waals surface area contributed by atoms with Gasteiger partial charge in [0, 0.05) is 5.75 Å². The standard InChI is InChI=1S/C11H11NO2S/c1-2-13-7-8-15-11-12-9-5-3-4-6-10(9)14-11/h2-6H,1,7-8H2. The molecule has 1 aromatic heterocycles. The summed E-state index contributed by atoms with van der Waals surface area (Å²) < 4.78 is 10.5. The maximum absolute atomic E-state index is 5.52. The van der Waals surface area contributed by atoms with Gasteiger partial charge in [-0.1, -0.05) is 30.5 Å². The predicted octanol–water partition coefficient (Wildman–Crippen LogP) is 3.08. The lowest BCUT2D eigenvalue weighted by Gasteiger charge is -1.96. The summed E-state index contributed by atoms with van der Waals surface area (Å²) in [6.45, 7) is 4.09. The Labute approximate surface area is 92.1 Å². The van der Waals surface area contributed by atoms with Crippen molar-refractivity contribution in [3.8, 4) is 0 Å². The van der Waals surface area contributed by atoms with Gasteiger partial charge in [-0.25, -0.2) is 4.98 Å². The largest absolute Gasteiger partial charge is 0.501 e. The monoisotopic (exact) mass is 221 g/mol. The molecule has 0 unspecified atom stereocenters. The molecular weight excluding hydrogens is 210 g/mol. The van der Waals surface area contributed by atoms with Crippen LogP contribution in [0.25, 0.3) is 11.1 Å². The lowest BCUT2D eigenvalue weighted by atomic mass is 10.3. The Morgan fingerprint density at radius 1 is 1.47 bits per heavy atom. The van der Waals surface area contributed by atoms with Gasteiger partial charge in [0.1, 0.15) is 5.52 Å². The molecule has 1 aromatic carbocycles. The van der Waals surface area contributed by atoms with Gasteiger partial charge in [0.15, 0.2) is 5.58 Å². The van der Waals surface area contributed by atoms with Gasteiger partial charge in [-0.2, -0.15) is 0 Å². The number of rotatable bonds is 5. The molecule has 0 N–H and O–H groups in total. The summed E-state index contributed by atoms with van der Waals surface area (Å²) in [4.78, 5) is 4.33. The van der Waals surface area contributed by atoms with E-state index in [2.05, 4.69) is 11.6 Å². The Morgan fingerprint density at radius 2 is 2.33 bits per heavy atom. The molecule has 0 atom stereocenters. The van der Waals surface area contributed by atoms with Crippen LogP contribution >= 0.6 is 11.8 Å². The molecule has 2 aromatic rings. The molecule has 1 heterocycles. The molecule has 78 valence electrons. The zero-order valence-corrected chi connectivity index (χ0v) is 9.00. The van der Waals surface area contributed by atoms with Crippen LogP contribution in [0, 0.1) is 0 Å². The maximum atomic E-state index is 5.52. The van der Waals surface area contributed by atoms with Gasteiger partial charge < -0.3 is 9.15 Å². The zero-order valence-electron chi connectivity index (χ0n) is 8.18. The SMILES string of the molecule is C=COCCSc1nc2ccccc2o1. The van der Waals surface area contributed by atoms with Crippen LogP contribution in [0.3, 0.4) is 0 Å². The molecule has 2 rings (SSSR count). The number of nitrogens with zero attached hydrogens (tertiary/aromatic N) is 1. The van der Waals surface area contributed by atoms with Gasteiger partial charge in [0.05, 0.1) is 12.9 Å². The second kappa shape index (κ2) is 4.89. The number of thioether (sulfide) groups is 1.